The molecule has 0 aliphatic carbocycles. The first-order valence-corrected chi connectivity index (χ1v) is 7.34. The number of thioether (sulfide) groups is 1. The predicted molar refractivity (Wildman–Crippen MR) is 73.9 cm³/mol. The summed E-state index contributed by atoms with van der Waals surface area (Å²) in [6, 6.07) is 0. The Morgan fingerprint density at radius 2 is 2.39 bits per heavy atom. The fourth-order valence-corrected chi connectivity index (χ4v) is 3.02. The van der Waals surface area contributed by atoms with Gasteiger partial charge < -0.3 is 9.84 Å². The van der Waals surface area contributed by atoms with Gasteiger partial charge in [0.2, 0.25) is 5.89 Å². The van der Waals surface area contributed by atoms with E-state index in [1.807, 2.05) is 6.92 Å². The molecule has 0 bridgehead atoms. The number of rotatable bonds is 4. The summed E-state index contributed by atoms with van der Waals surface area (Å²) in [7, 11) is 0. The smallest absolute Gasteiger partial charge is 0.228 e. The van der Waals surface area contributed by atoms with Crippen molar-refractivity contribution in [3.05, 3.63) is 11.7 Å². The van der Waals surface area contributed by atoms with Crippen LogP contribution >= 0.6 is 11.8 Å². The summed E-state index contributed by atoms with van der Waals surface area (Å²) in [5.41, 5.74) is 0.200. The summed E-state index contributed by atoms with van der Waals surface area (Å²) < 4.78 is 5.06. The predicted octanol–water partition coefficient (Wildman–Crippen LogP) is 2.17. The fraction of sp³-hybridized carbons (Fsp3) is 0.750. The maximum absolute atomic E-state index is 5.06. The molecule has 1 aromatic rings. The Morgan fingerprint density at radius 3 is 3.06 bits per heavy atom. The maximum Gasteiger partial charge on any atom is 0.228 e. The van der Waals surface area contributed by atoms with E-state index in [9.17, 15) is 0 Å². The van der Waals surface area contributed by atoms with E-state index in [2.05, 4.69) is 34.3 Å². The number of nitrogens with one attached hydrogen (secondary N) is 1. The van der Waals surface area contributed by atoms with Gasteiger partial charge in [-0.25, -0.2) is 0 Å². The van der Waals surface area contributed by atoms with Crippen LogP contribution in [0.25, 0.3) is 0 Å². The molecule has 0 amide bonds. The van der Waals surface area contributed by atoms with Crippen LogP contribution in [0.3, 0.4) is 0 Å². The summed E-state index contributed by atoms with van der Waals surface area (Å²) in [6.07, 6.45) is 3.01. The lowest BCUT2D eigenvalue weighted by atomic mass is 9.96. The lowest BCUT2D eigenvalue weighted by molar-refractivity contribution is 0.375. The Bertz CT molecular complexity index is 431. The zero-order chi connectivity index (χ0) is 13.0. The molecule has 100 valence electrons. The molecule has 18 heavy (non-hydrogen) atoms. The molecule has 0 radical (unpaired) electrons. The number of aryl methyl sites for hydroxylation is 1. The van der Waals surface area contributed by atoms with Crippen LogP contribution in [0.2, 0.25) is 0 Å². The van der Waals surface area contributed by atoms with Crippen molar-refractivity contribution in [3.63, 3.8) is 0 Å². The van der Waals surface area contributed by atoms with E-state index in [-0.39, 0.29) is 5.54 Å². The lowest BCUT2D eigenvalue weighted by Crippen LogP contribution is -2.48. The highest BCUT2D eigenvalue weighted by atomic mass is 32.2. The molecule has 0 spiro atoms. The van der Waals surface area contributed by atoms with Crippen molar-refractivity contribution in [3.8, 4) is 0 Å². The zero-order valence-corrected chi connectivity index (χ0v) is 12.0. The largest absolute Gasteiger partial charge is 0.360 e. The SMILES string of the molecule is CCC1(C)CCSC(=NCCc2nc(C)no2)N1. The Balaban J connectivity index is 1.85. The Labute approximate surface area is 112 Å². The van der Waals surface area contributed by atoms with Gasteiger partial charge in [-0.3, -0.25) is 4.99 Å². The Hall–Kier alpha value is -1.04. The van der Waals surface area contributed by atoms with Crippen LogP contribution in [0.5, 0.6) is 0 Å². The average Bonchev–Trinajstić information content (AvgIpc) is 2.75. The zero-order valence-electron chi connectivity index (χ0n) is 11.2. The summed E-state index contributed by atoms with van der Waals surface area (Å²) >= 11 is 1.79. The highest BCUT2D eigenvalue weighted by Gasteiger charge is 2.27. The number of aromatic nitrogens is 2. The van der Waals surface area contributed by atoms with Crippen molar-refractivity contribution in [2.75, 3.05) is 12.3 Å². The van der Waals surface area contributed by atoms with Crippen molar-refractivity contribution < 1.29 is 4.52 Å². The Morgan fingerprint density at radius 1 is 1.56 bits per heavy atom. The monoisotopic (exact) mass is 268 g/mol. The van der Waals surface area contributed by atoms with Gasteiger partial charge >= 0.3 is 0 Å². The van der Waals surface area contributed by atoms with Crippen molar-refractivity contribution >= 4 is 16.9 Å². The van der Waals surface area contributed by atoms with Gasteiger partial charge in [-0.2, -0.15) is 4.98 Å². The maximum atomic E-state index is 5.06. The Kier molecular flexibility index (Phi) is 4.27. The second-order valence-electron chi connectivity index (χ2n) is 4.81. The van der Waals surface area contributed by atoms with E-state index in [1.54, 1.807) is 11.8 Å². The number of hydrogen-bond acceptors (Lipinski definition) is 5. The van der Waals surface area contributed by atoms with E-state index in [0.29, 0.717) is 24.7 Å². The van der Waals surface area contributed by atoms with Gasteiger partial charge in [0.1, 0.15) is 0 Å². The first kappa shape index (κ1) is 13.4. The first-order chi connectivity index (χ1) is 8.61. The minimum Gasteiger partial charge on any atom is -0.360 e. The van der Waals surface area contributed by atoms with E-state index in [0.717, 1.165) is 17.3 Å². The molecule has 2 heterocycles. The van der Waals surface area contributed by atoms with Crippen LogP contribution in [0.1, 0.15) is 38.4 Å². The first-order valence-electron chi connectivity index (χ1n) is 6.36. The van der Waals surface area contributed by atoms with Gasteiger partial charge in [-0.05, 0) is 26.7 Å². The number of amidine groups is 1. The molecule has 1 aromatic heterocycles. The molecule has 0 aromatic carbocycles. The van der Waals surface area contributed by atoms with Gasteiger partial charge in [0.15, 0.2) is 11.0 Å². The molecule has 5 nitrogen and oxygen atoms in total. The second-order valence-corrected chi connectivity index (χ2v) is 5.89. The second kappa shape index (κ2) is 5.73. The molecule has 1 unspecified atom stereocenters. The minimum absolute atomic E-state index is 0.200. The summed E-state index contributed by atoms with van der Waals surface area (Å²) in [4.78, 5) is 8.74. The third-order valence-electron chi connectivity index (χ3n) is 3.23. The molecule has 1 saturated heterocycles. The standard InChI is InChI=1S/C12H20N4OS/c1-4-12(3)6-8-18-11(15-12)13-7-5-10-14-9(2)16-17-10/h4-8H2,1-3H3,(H,13,15). The average molecular weight is 268 g/mol. The van der Waals surface area contributed by atoms with E-state index >= 15 is 0 Å². The van der Waals surface area contributed by atoms with Gasteiger partial charge in [0.05, 0.1) is 6.54 Å². The van der Waals surface area contributed by atoms with Crippen LogP contribution in [-0.4, -0.2) is 33.1 Å². The van der Waals surface area contributed by atoms with Crippen LogP contribution < -0.4 is 5.32 Å². The van der Waals surface area contributed by atoms with Crippen LogP contribution in [-0.2, 0) is 6.42 Å². The van der Waals surface area contributed by atoms with Crippen molar-refractivity contribution in [1.82, 2.24) is 15.5 Å². The lowest BCUT2D eigenvalue weighted by Gasteiger charge is -2.35. The normalized spacial score (nSPS) is 26.3. The highest BCUT2D eigenvalue weighted by molar-refractivity contribution is 8.13. The summed E-state index contributed by atoms with van der Waals surface area (Å²) in [5.74, 6) is 2.48. The van der Waals surface area contributed by atoms with E-state index in [1.165, 1.54) is 6.42 Å². The van der Waals surface area contributed by atoms with Gasteiger partial charge in [-0.15, -0.1) is 0 Å². The van der Waals surface area contributed by atoms with Gasteiger partial charge in [-0.1, -0.05) is 23.8 Å². The highest BCUT2D eigenvalue weighted by Crippen LogP contribution is 2.24. The molecular weight excluding hydrogens is 248 g/mol. The molecule has 1 aliphatic rings. The molecule has 1 atom stereocenters. The number of aliphatic imine (C=N–C) groups is 1. The molecular formula is C12H20N4OS. The van der Waals surface area contributed by atoms with Gasteiger partial charge in [0.25, 0.3) is 0 Å². The quantitative estimate of drug-likeness (QED) is 0.906. The van der Waals surface area contributed by atoms with Crippen molar-refractivity contribution in [2.24, 2.45) is 4.99 Å². The third kappa shape index (κ3) is 3.48. The number of hydrogen-bond donors (Lipinski definition) is 1. The van der Waals surface area contributed by atoms with Crippen molar-refractivity contribution in [1.29, 1.82) is 0 Å². The molecule has 2 rings (SSSR count). The molecule has 1 aliphatic heterocycles. The topological polar surface area (TPSA) is 63.3 Å². The molecule has 1 fully saturated rings. The minimum atomic E-state index is 0.200. The third-order valence-corrected chi connectivity index (χ3v) is 4.15. The van der Waals surface area contributed by atoms with E-state index in [4.69, 9.17) is 4.52 Å². The van der Waals surface area contributed by atoms with Crippen LogP contribution in [0.4, 0.5) is 0 Å². The van der Waals surface area contributed by atoms with Crippen LogP contribution in [0, 0.1) is 6.92 Å². The summed E-state index contributed by atoms with van der Waals surface area (Å²) in [6.45, 7) is 6.98. The summed E-state index contributed by atoms with van der Waals surface area (Å²) in [5, 5.41) is 8.32. The van der Waals surface area contributed by atoms with E-state index < -0.39 is 0 Å². The van der Waals surface area contributed by atoms with Crippen LogP contribution in [0.15, 0.2) is 9.52 Å². The molecule has 0 saturated carbocycles. The molecule has 1 N–H and O–H groups in total. The van der Waals surface area contributed by atoms with Crippen molar-refractivity contribution in [2.45, 2.75) is 45.6 Å². The van der Waals surface area contributed by atoms with Gasteiger partial charge in [0, 0.05) is 17.7 Å². The molecule has 6 heteroatoms. The number of nitrogens with zero attached hydrogens (tertiary/aromatic N) is 3. The fourth-order valence-electron chi connectivity index (χ4n) is 1.77.